The van der Waals surface area contributed by atoms with Crippen LogP contribution < -0.4 is 25.7 Å². The van der Waals surface area contributed by atoms with Crippen LogP contribution in [0.25, 0.3) is 22.2 Å². The molecular weight excluding hydrogens is 594 g/mol. The molecule has 0 fully saturated rings. The van der Waals surface area contributed by atoms with E-state index in [-0.39, 0.29) is 0 Å². The molecule has 0 saturated heterocycles. The molecule has 1 aromatic heterocycles. The Kier molecular flexibility index (Phi) is 10.1. The maximum absolute atomic E-state index is 15.2. The molecule has 1 aliphatic carbocycles. The third kappa shape index (κ3) is 5.91. The summed E-state index contributed by atoms with van der Waals surface area (Å²) in [5.41, 5.74) is 0. The van der Waals surface area contributed by atoms with Gasteiger partial charge in [0.15, 0.2) is 0 Å². The summed E-state index contributed by atoms with van der Waals surface area (Å²) < 4.78 is 17.5. The van der Waals surface area contributed by atoms with Gasteiger partial charge in [-0.1, -0.05) is 0 Å². The molecule has 1 aliphatic rings. The van der Waals surface area contributed by atoms with E-state index < -0.39 is 14.6 Å². The fourth-order valence-corrected chi connectivity index (χ4v) is 13.0. The molecule has 0 aliphatic heterocycles. The van der Waals surface area contributed by atoms with Crippen LogP contribution in [-0.2, 0) is 4.57 Å². The fourth-order valence-electron chi connectivity index (χ4n) is 5.89. The molecule has 0 saturated carbocycles. The molecule has 0 spiro atoms. The fraction of sp³-hybridized carbons (Fsp3) is 0.128. The Balaban J connectivity index is 1.77. The molecule has 224 valence electrons. The summed E-state index contributed by atoms with van der Waals surface area (Å²) in [6.07, 6.45) is 23.3. The molecule has 0 bridgehead atoms. The zero-order valence-electron chi connectivity index (χ0n) is 25.8. The molecule has 4 aromatic rings. The van der Waals surface area contributed by atoms with Gasteiger partial charge in [0.1, 0.15) is 0 Å². The predicted octanol–water partition coefficient (Wildman–Crippen LogP) is 8.56. The van der Waals surface area contributed by atoms with Gasteiger partial charge in [0, 0.05) is 0 Å². The summed E-state index contributed by atoms with van der Waals surface area (Å²) in [6, 6.07) is 26.2. The number of hydrogen-bond donors (Lipinski definition) is 1. The number of fused-ring (bicyclic) bond motifs is 3. The average Bonchev–Trinajstić information content (AvgIpc) is 3.26. The van der Waals surface area contributed by atoms with Crippen LogP contribution in [0.3, 0.4) is 0 Å². The van der Waals surface area contributed by atoms with E-state index in [0.717, 1.165) is 53.6 Å². The second-order valence-corrected chi connectivity index (χ2v) is 17.7. The van der Waals surface area contributed by atoms with Crippen LogP contribution in [0.4, 0.5) is 0 Å². The Hall–Kier alpha value is -3.58. The van der Waals surface area contributed by atoms with Crippen molar-refractivity contribution in [1.29, 1.82) is 0 Å². The first-order chi connectivity index (χ1) is 21.4. The van der Waals surface area contributed by atoms with E-state index in [1.54, 1.807) is 11.3 Å². The minimum absolute atomic E-state index is 0.725. The Morgan fingerprint density at radius 2 is 1.55 bits per heavy atom. The van der Waals surface area contributed by atoms with E-state index in [0.29, 0.717) is 0 Å². The summed E-state index contributed by atoms with van der Waals surface area (Å²) >= 11 is 1.75. The van der Waals surface area contributed by atoms with Crippen LogP contribution in [0.5, 0.6) is 0 Å². The molecule has 3 aromatic carbocycles. The summed E-state index contributed by atoms with van der Waals surface area (Å²) in [7, 11) is -6.48. The van der Waals surface area contributed by atoms with Crippen molar-refractivity contribution in [2.45, 2.75) is 34.1 Å². The SMILES string of the molecule is C\C=C/C=C\C(=C/C)[PH](O)(C1=CCC=c2sc3ccc(P(=O)(C(/C=C\C)=C/C)c4ccccc4)cc3c2=C1)c1ccccc1. The summed E-state index contributed by atoms with van der Waals surface area (Å²) in [6.45, 7) is 7.91. The van der Waals surface area contributed by atoms with Crippen LogP contribution >= 0.6 is 26.0 Å². The number of benzene rings is 3. The Morgan fingerprint density at radius 3 is 2.20 bits per heavy atom. The van der Waals surface area contributed by atoms with Gasteiger partial charge < -0.3 is 0 Å². The van der Waals surface area contributed by atoms with Crippen LogP contribution in [0.1, 0.15) is 34.1 Å². The van der Waals surface area contributed by atoms with Crippen molar-refractivity contribution in [1.82, 2.24) is 0 Å². The van der Waals surface area contributed by atoms with Crippen molar-refractivity contribution >= 4 is 64.1 Å². The predicted molar refractivity (Wildman–Crippen MR) is 199 cm³/mol. The normalized spacial score (nSPS) is 16.4. The molecule has 1 unspecified atom stereocenters. The Bertz CT molecular complexity index is 2010. The van der Waals surface area contributed by atoms with Crippen molar-refractivity contribution < 1.29 is 9.46 Å². The van der Waals surface area contributed by atoms with Gasteiger partial charge in [0.05, 0.1) is 0 Å². The third-order valence-electron chi connectivity index (χ3n) is 8.08. The molecule has 1 atom stereocenters. The van der Waals surface area contributed by atoms with Gasteiger partial charge in [0.2, 0.25) is 0 Å². The van der Waals surface area contributed by atoms with Crippen molar-refractivity contribution in [3.8, 4) is 0 Å². The summed E-state index contributed by atoms with van der Waals surface area (Å²) in [5, 5.41) is 7.43. The van der Waals surface area contributed by atoms with Crippen molar-refractivity contribution in [3.63, 3.8) is 0 Å². The number of thiophene rings is 1. The molecule has 5 rings (SSSR count). The minimum atomic E-state index is -3.35. The molecule has 5 heteroatoms. The zero-order chi connectivity index (χ0) is 31.2. The van der Waals surface area contributed by atoms with E-state index in [2.05, 4.69) is 30.4 Å². The quantitative estimate of drug-likeness (QED) is 0.148. The van der Waals surface area contributed by atoms with E-state index >= 15 is 4.57 Å². The van der Waals surface area contributed by atoms with Gasteiger partial charge in [-0.05, 0) is 0 Å². The topological polar surface area (TPSA) is 37.3 Å². The number of rotatable bonds is 9. The second kappa shape index (κ2) is 14.0. The van der Waals surface area contributed by atoms with Crippen molar-refractivity contribution in [3.05, 3.63) is 159 Å². The van der Waals surface area contributed by atoms with Crippen molar-refractivity contribution in [2.24, 2.45) is 0 Å². The van der Waals surface area contributed by atoms with Gasteiger partial charge in [-0.2, -0.15) is 0 Å². The van der Waals surface area contributed by atoms with Crippen LogP contribution in [0, 0.1) is 0 Å². The van der Waals surface area contributed by atoms with Gasteiger partial charge in [-0.15, -0.1) is 0 Å². The van der Waals surface area contributed by atoms with E-state index in [9.17, 15) is 4.89 Å². The van der Waals surface area contributed by atoms with Gasteiger partial charge >= 0.3 is 267 Å². The van der Waals surface area contributed by atoms with Crippen LogP contribution in [0.15, 0.2) is 149 Å². The molecule has 0 radical (unpaired) electrons. The van der Waals surface area contributed by atoms with Crippen LogP contribution in [-0.4, -0.2) is 4.89 Å². The average molecular weight is 635 g/mol. The van der Waals surface area contributed by atoms with E-state index in [1.807, 2.05) is 143 Å². The van der Waals surface area contributed by atoms with Crippen molar-refractivity contribution in [2.75, 3.05) is 0 Å². The van der Waals surface area contributed by atoms with E-state index in [1.165, 1.54) is 4.53 Å². The van der Waals surface area contributed by atoms with Gasteiger partial charge in [-0.3, -0.25) is 0 Å². The standard InChI is InChI=1S/C39H40O2P2S/c1-5-9-12-19-31(8-4)43(41,33-22-15-11-16-23-33)34-24-17-25-38-36(28-34)37-29-35(26-27-39(37)44-38)42(40,30(7-3)18-6-2)32-20-13-10-14-21-32/h5-16,18-29,41,43H,17H2,1-4H3/b9-5-,18-6-,19-12-,30-7+,31-8+. The summed E-state index contributed by atoms with van der Waals surface area (Å²) in [5.74, 6) is 0. The maximum atomic E-state index is 15.2. The molecule has 44 heavy (non-hydrogen) atoms. The zero-order valence-corrected chi connectivity index (χ0v) is 28.5. The first-order valence-corrected chi connectivity index (χ1v) is 19.5. The van der Waals surface area contributed by atoms with Gasteiger partial charge in [-0.25, -0.2) is 0 Å². The summed E-state index contributed by atoms with van der Waals surface area (Å²) in [4.78, 5) is 12.8. The van der Waals surface area contributed by atoms with E-state index in [4.69, 9.17) is 0 Å². The van der Waals surface area contributed by atoms with Gasteiger partial charge in [0.25, 0.3) is 0 Å². The number of hydrogen-bond acceptors (Lipinski definition) is 3. The molecule has 0 amide bonds. The Labute approximate surface area is 266 Å². The first kappa shape index (κ1) is 31.8. The monoisotopic (exact) mass is 634 g/mol. The molecule has 1 heterocycles. The Morgan fingerprint density at radius 1 is 0.818 bits per heavy atom. The first-order valence-electron chi connectivity index (χ1n) is 15.1. The number of allylic oxidation sites excluding steroid dienone is 12. The molecule has 1 N–H and O–H groups in total. The molecule has 2 nitrogen and oxygen atoms in total. The second-order valence-electron chi connectivity index (χ2n) is 10.7. The molecular formula is C39H40O2P2S. The third-order valence-corrected chi connectivity index (χ3v) is 16.1. The van der Waals surface area contributed by atoms with Crippen LogP contribution in [0.2, 0.25) is 0 Å².